The molecule has 0 aliphatic heterocycles. The van der Waals surface area contributed by atoms with Gasteiger partial charge >= 0.3 is 0 Å². The second kappa shape index (κ2) is 2.78. The van der Waals surface area contributed by atoms with E-state index in [-0.39, 0.29) is 0 Å². The van der Waals surface area contributed by atoms with Crippen LogP contribution < -0.4 is 5.73 Å². The Morgan fingerprint density at radius 3 is 2.09 bits per heavy atom. The van der Waals surface area contributed by atoms with Gasteiger partial charge in [-0.1, -0.05) is 27.7 Å². The summed E-state index contributed by atoms with van der Waals surface area (Å²) in [6.07, 6.45) is 1.36. The molecular formula is C10H21N. The standard InChI is InChI=1S/C10H21N/c1-7(2)5-8-9(6-11)10(8,3)4/h7-9H,5-6,11H2,1-4H3/t8-,9+/m1/s1. The van der Waals surface area contributed by atoms with E-state index >= 15 is 0 Å². The first kappa shape index (κ1) is 9.05. The van der Waals surface area contributed by atoms with Crippen molar-refractivity contribution in [3.63, 3.8) is 0 Å². The Morgan fingerprint density at radius 2 is 1.82 bits per heavy atom. The van der Waals surface area contributed by atoms with Crippen LogP contribution in [0.25, 0.3) is 0 Å². The molecule has 0 aromatic rings. The van der Waals surface area contributed by atoms with E-state index in [1.165, 1.54) is 6.42 Å². The minimum Gasteiger partial charge on any atom is -0.330 e. The molecule has 1 fully saturated rings. The number of hydrogen-bond donors (Lipinski definition) is 1. The smallest absolute Gasteiger partial charge is 0.00408 e. The Bertz CT molecular complexity index is 138. The fourth-order valence-corrected chi connectivity index (χ4v) is 2.30. The van der Waals surface area contributed by atoms with Gasteiger partial charge in [-0.3, -0.25) is 0 Å². The molecule has 1 heteroatoms. The molecule has 0 radical (unpaired) electrons. The van der Waals surface area contributed by atoms with Crippen molar-refractivity contribution >= 4 is 0 Å². The largest absolute Gasteiger partial charge is 0.330 e. The van der Waals surface area contributed by atoms with E-state index in [4.69, 9.17) is 5.73 Å². The van der Waals surface area contributed by atoms with Crippen LogP contribution in [0, 0.1) is 23.2 Å². The summed E-state index contributed by atoms with van der Waals surface area (Å²) in [6, 6.07) is 0. The third kappa shape index (κ3) is 1.58. The van der Waals surface area contributed by atoms with Crippen LogP contribution in [0.4, 0.5) is 0 Å². The molecule has 11 heavy (non-hydrogen) atoms. The summed E-state index contributed by atoms with van der Waals surface area (Å²) in [6.45, 7) is 10.2. The zero-order chi connectivity index (χ0) is 8.65. The summed E-state index contributed by atoms with van der Waals surface area (Å²) in [7, 11) is 0. The second-order valence-electron chi connectivity index (χ2n) is 4.90. The van der Waals surface area contributed by atoms with E-state index < -0.39 is 0 Å². The average molecular weight is 155 g/mol. The Hall–Kier alpha value is -0.0400. The van der Waals surface area contributed by atoms with E-state index in [1.54, 1.807) is 0 Å². The van der Waals surface area contributed by atoms with Gasteiger partial charge in [-0.05, 0) is 36.1 Å². The number of rotatable bonds is 3. The predicted octanol–water partition coefficient (Wildman–Crippen LogP) is 2.26. The van der Waals surface area contributed by atoms with Gasteiger partial charge in [0, 0.05) is 0 Å². The lowest BCUT2D eigenvalue weighted by Gasteiger charge is -2.04. The van der Waals surface area contributed by atoms with Crippen LogP contribution in [0.2, 0.25) is 0 Å². The second-order valence-corrected chi connectivity index (χ2v) is 4.90. The monoisotopic (exact) mass is 155 g/mol. The number of nitrogens with two attached hydrogens (primary N) is 1. The lowest BCUT2D eigenvalue weighted by molar-refractivity contribution is 0.462. The highest BCUT2D eigenvalue weighted by Crippen LogP contribution is 2.60. The van der Waals surface area contributed by atoms with E-state index in [0.29, 0.717) is 5.41 Å². The summed E-state index contributed by atoms with van der Waals surface area (Å²) in [4.78, 5) is 0. The molecule has 1 nitrogen and oxygen atoms in total. The summed E-state index contributed by atoms with van der Waals surface area (Å²) in [5.74, 6) is 2.52. The van der Waals surface area contributed by atoms with E-state index in [2.05, 4.69) is 27.7 Å². The van der Waals surface area contributed by atoms with Crippen LogP contribution in [0.5, 0.6) is 0 Å². The third-order valence-corrected chi connectivity index (χ3v) is 3.27. The summed E-state index contributed by atoms with van der Waals surface area (Å²) in [5, 5.41) is 0. The van der Waals surface area contributed by atoms with E-state index in [1.807, 2.05) is 0 Å². The quantitative estimate of drug-likeness (QED) is 0.664. The molecule has 0 amide bonds. The zero-order valence-corrected chi connectivity index (χ0v) is 8.22. The first-order valence-corrected chi connectivity index (χ1v) is 4.70. The topological polar surface area (TPSA) is 26.0 Å². The molecule has 0 unspecified atom stereocenters. The Kier molecular flexibility index (Phi) is 2.29. The molecule has 0 aromatic carbocycles. The highest BCUT2D eigenvalue weighted by molar-refractivity contribution is 5.05. The predicted molar refractivity (Wildman–Crippen MR) is 49.3 cm³/mol. The molecule has 2 N–H and O–H groups in total. The van der Waals surface area contributed by atoms with Crippen molar-refractivity contribution in [2.45, 2.75) is 34.1 Å². The molecule has 1 rings (SSSR count). The molecule has 66 valence electrons. The van der Waals surface area contributed by atoms with Crippen LogP contribution in [-0.4, -0.2) is 6.54 Å². The molecule has 0 bridgehead atoms. The van der Waals surface area contributed by atoms with Crippen LogP contribution in [0.15, 0.2) is 0 Å². The molecule has 1 saturated carbocycles. The van der Waals surface area contributed by atoms with Crippen molar-refractivity contribution in [2.75, 3.05) is 6.54 Å². The minimum absolute atomic E-state index is 0.541. The molecule has 0 aromatic heterocycles. The van der Waals surface area contributed by atoms with Crippen molar-refractivity contribution in [1.29, 1.82) is 0 Å². The van der Waals surface area contributed by atoms with Crippen molar-refractivity contribution < 1.29 is 0 Å². The van der Waals surface area contributed by atoms with Gasteiger partial charge in [-0.15, -0.1) is 0 Å². The lowest BCUT2D eigenvalue weighted by Crippen LogP contribution is -2.05. The van der Waals surface area contributed by atoms with Gasteiger partial charge in [-0.25, -0.2) is 0 Å². The Balaban J connectivity index is 2.39. The fraction of sp³-hybridized carbons (Fsp3) is 1.00. The van der Waals surface area contributed by atoms with Gasteiger partial charge in [0.1, 0.15) is 0 Å². The molecule has 1 aliphatic carbocycles. The van der Waals surface area contributed by atoms with Crippen LogP contribution in [-0.2, 0) is 0 Å². The third-order valence-electron chi connectivity index (χ3n) is 3.27. The van der Waals surface area contributed by atoms with Crippen molar-refractivity contribution in [3.8, 4) is 0 Å². The Morgan fingerprint density at radius 1 is 1.27 bits per heavy atom. The van der Waals surface area contributed by atoms with Crippen molar-refractivity contribution in [2.24, 2.45) is 28.9 Å². The van der Waals surface area contributed by atoms with Gasteiger partial charge < -0.3 is 5.73 Å². The summed E-state index contributed by atoms with van der Waals surface area (Å²) >= 11 is 0. The van der Waals surface area contributed by atoms with E-state index in [9.17, 15) is 0 Å². The highest BCUT2D eigenvalue weighted by Gasteiger charge is 2.55. The van der Waals surface area contributed by atoms with Gasteiger partial charge in [0.25, 0.3) is 0 Å². The number of hydrogen-bond acceptors (Lipinski definition) is 1. The van der Waals surface area contributed by atoms with Gasteiger partial charge in [0.15, 0.2) is 0 Å². The molecule has 1 aliphatic rings. The lowest BCUT2D eigenvalue weighted by atomic mass is 10.0. The van der Waals surface area contributed by atoms with Crippen LogP contribution >= 0.6 is 0 Å². The molecule has 2 atom stereocenters. The highest BCUT2D eigenvalue weighted by atomic mass is 14.7. The molecule has 0 spiro atoms. The van der Waals surface area contributed by atoms with Crippen molar-refractivity contribution in [3.05, 3.63) is 0 Å². The maximum atomic E-state index is 5.68. The summed E-state index contributed by atoms with van der Waals surface area (Å²) in [5.41, 5.74) is 6.22. The van der Waals surface area contributed by atoms with Crippen LogP contribution in [0.3, 0.4) is 0 Å². The van der Waals surface area contributed by atoms with Crippen LogP contribution in [0.1, 0.15) is 34.1 Å². The zero-order valence-electron chi connectivity index (χ0n) is 8.22. The fourth-order valence-electron chi connectivity index (χ4n) is 2.30. The van der Waals surface area contributed by atoms with Gasteiger partial charge in [-0.2, -0.15) is 0 Å². The Labute approximate surface area is 70.4 Å². The average Bonchev–Trinajstić information content (AvgIpc) is 2.33. The summed E-state index contributed by atoms with van der Waals surface area (Å²) < 4.78 is 0. The molecule has 0 heterocycles. The minimum atomic E-state index is 0.541. The van der Waals surface area contributed by atoms with Gasteiger partial charge in [0.2, 0.25) is 0 Å². The van der Waals surface area contributed by atoms with Gasteiger partial charge in [0.05, 0.1) is 0 Å². The SMILES string of the molecule is CC(C)C[C@@H]1[C@H](CN)C1(C)C. The maximum Gasteiger partial charge on any atom is -0.00408 e. The maximum absolute atomic E-state index is 5.68. The molecular weight excluding hydrogens is 134 g/mol. The normalized spacial score (nSPS) is 34.4. The molecule has 0 saturated heterocycles. The first-order valence-electron chi connectivity index (χ1n) is 4.70. The first-order chi connectivity index (χ1) is 5.00. The van der Waals surface area contributed by atoms with E-state index in [0.717, 1.165) is 24.3 Å². The van der Waals surface area contributed by atoms with Crippen molar-refractivity contribution in [1.82, 2.24) is 0 Å².